The molecule has 0 aliphatic carbocycles. The molecule has 0 radical (unpaired) electrons. The van der Waals surface area contributed by atoms with E-state index in [4.69, 9.17) is 23.2 Å². The fourth-order valence-electron chi connectivity index (χ4n) is 1.93. The predicted molar refractivity (Wildman–Crippen MR) is 89.8 cm³/mol. The minimum atomic E-state index is -0.296. The average molecular weight is 336 g/mol. The van der Waals surface area contributed by atoms with E-state index in [1.807, 2.05) is 19.1 Å². The van der Waals surface area contributed by atoms with Gasteiger partial charge >= 0.3 is 0 Å². The highest BCUT2D eigenvalue weighted by Crippen LogP contribution is 2.29. The van der Waals surface area contributed by atoms with Gasteiger partial charge in [0.2, 0.25) is 5.91 Å². The Balaban J connectivity index is 1.93. The highest BCUT2D eigenvalue weighted by atomic mass is 35.5. The summed E-state index contributed by atoms with van der Waals surface area (Å²) >= 11 is 12.0. The minimum absolute atomic E-state index is 0.0691. The molecule has 0 aromatic heterocycles. The molecule has 2 aromatic rings. The first-order valence-electron chi connectivity index (χ1n) is 6.81. The minimum Gasteiger partial charge on any atom is -0.324 e. The zero-order valence-electron chi connectivity index (χ0n) is 12.0. The molecule has 0 spiro atoms. The van der Waals surface area contributed by atoms with E-state index in [0.717, 1.165) is 5.56 Å². The lowest BCUT2D eigenvalue weighted by Crippen LogP contribution is -2.14. The number of para-hydroxylation sites is 1. The number of rotatable bonds is 5. The maximum atomic E-state index is 12.0. The van der Waals surface area contributed by atoms with Gasteiger partial charge in [-0.1, -0.05) is 59.1 Å². The molecule has 2 rings (SSSR count). The number of carbonyl (C=O) groups excluding carboxylic acids is 2. The van der Waals surface area contributed by atoms with Crippen LogP contribution in [0.4, 0.5) is 5.69 Å². The van der Waals surface area contributed by atoms with E-state index in [2.05, 4.69) is 5.32 Å². The highest BCUT2D eigenvalue weighted by molar-refractivity contribution is 6.39. The summed E-state index contributed by atoms with van der Waals surface area (Å²) in [5.74, 6) is -0.365. The SMILES string of the molecule is Cc1ccc(C(=O)CCC(=O)Nc2c(Cl)cccc2Cl)cc1. The van der Waals surface area contributed by atoms with Gasteiger partial charge in [-0.3, -0.25) is 9.59 Å². The van der Waals surface area contributed by atoms with Gasteiger partial charge in [-0.2, -0.15) is 0 Å². The summed E-state index contributed by atoms with van der Waals surface area (Å²) in [6.45, 7) is 1.95. The van der Waals surface area contributed by atoms with Crippen LogP contribution in [-0.2, 0) is 4.79 Å². The van der Waals surface area contributed by atoms with Crippen LogP contribution in [0.1, 0.15) is 28.8 Å². The number of carbonyl (C=O) groups is 2. The van der Waals surface area contributed by atoms with E-state index in [9.17, 15) is 9.59 Å². The number of amides is 1. The molecule has 0 aliphatic rings. The standard InChI is InChI=1S/C17H15Cl2NO2/c1-11-5-7-12(8-6-11)15(21)9-10-16(22)20-17-13(18)3-2-4-14(17)19/h2-8H,9-10H2,1H3,(H,20,22). The lowest BCUT2D eigenvalue weighted by Gasteiger charge is -2.09. The maximum absolute atomic E-state index is 12.0. The van der Waals surface area contributed by atoms with Crippen molar-refractivity contribution in [1.82, 2.24) is 0 Å². The zero-order valence-corrected chi connectivity index (χ0v) is 13.5. The first-order valence-corrected chi connectivity index (χ1v) is 7.56. The third-order valence-corrected chi connectivity index (χ3v) is 3.81. The van der Waals surface area contributed by atoms with Crippen LogP contribution < -0.4 is 5.32 Å². The molecule has 0 bridgehead atoms. The Bertz CT molecular complexity index is 676. The Hall–Kier alpha value is -1.84. The summed E-state index contributed by atoms with van der Waals surface area (Å²) in [6, 6.07) is 12.2. The molecule has 114 valence electrons. The molecule has 2 aromatic carbocycles. The molecule has 3 nitrogen and oxygen atoms in total. The third kappa shape index (κ3) is 4.33. The summed E-state index contributed by atoms with van der Waals surface area (Å²) in [4.78, 5) is 23.9. The van der Waals surface area contributed by atoms with E-state index in [-0.39, 0.29) is 24.5 Å². The molecule has 0 unspecified atom stereocenters. The molecule has 1 amide bonds. The topological polar surface area (TPSA) is 46.2 Å². The molecule has 0 aliphatic heterocycles. The van der Waals surface area contributed by atoms with Gasteiger partial charge in [0, 0.05) is 18.4 Å². The molecule has 22 heavy (non-hydrogen) atoms. The van der Waals surface area contributed by atoms with Crippen molar-refractivity contribution in [1.29, 1.82) is 0 Å². The van der Waals surface area contributed by atoms with Gasteiger partial charge in [0.25, 0.3) is 0 Å². The maximum Gasteiger partial charge on any atom is 0.224 e. The quantitative estimate of drug-likeness (QED) is 0.789. The summed E-state index contributed by atoms with van der Waals surface area (Å²) < 4.78 is 0. The Morgan fingerprint density at radius 3 is 2.14 bits per heavy atom. The van der Waals surface area contributed by atoms with Gasteiger partial charge in [0.1, 0.15) is 0 Å². The van der Waals surface area contributed by atoms with Crippen LogP contribution in [0.15, 0.2) is 42.5 Å². The summed E-state index contributed by atoms with van der Waals surface area (Å²) in [7, 11) is 0. The number of nitrogens with one attached hydrogen (secondary N) is 1. The molecule has 0 saturated heterocycles. The van der Waals surface area contributed by atoms with Crippen molar-refractivity contribution in [2.45, 2.75) is 19.8 Å². The van der Waals surface area contributed by atoms with Crippen molar-refractivity contribution >= 4 is 40.6 Å². The predicted octanol–water partition coefficient (Wildman–Crippen LogP) is 4.90. The van der Waals surface area contributed by atoms with Gasteiger partial charge in [-0.25, -0.2) is 0 Å². The molecule has 5 heteroatoms. The van der Waals surface area contributed by atoms with Crippen molar-refractivity contribution in [3.05, 3.63) is 63.6 Å². The second-order valence-electron chi connectivity index (χ2n) is 4.93. The number of ketones is 1. The van der Waals surface area contributed by atoms with Crippen LogP contribution in [0.3, 0.4) is 0 Å². The van der Waals surface area contributed by atoms with Crippen molar-refractivity contribution in [2.24, 2.45) is 0 Å². The second-order valence-corrected chi connectivity index (χ2v) is 5.75. The smallest absolute Gasteiger partial charge is 0.224 e. The Morgan fingerprint density at radius 1 is 0.955 bits per heavy atom. The zero-order chi connectivity index (χ0) is 16.1. The molecular formula is C17H15Cl2NO2. The average Bonchev–Trinajstić information content (AvgIpc) is 2.49. The normalized spacial score (nSPS) is 10.3. The van der Waals surface area contributed by atoms with E-state index >= 15 is 0 Å². The third-order valence-electron chi connectivity index (χ3n) is 3.18. The molecule has 0 saturated carbocycles. The lowest BCUT2D eigenvalue weighted by atomic mass is 10.0. The first-order chi connectivity index (χ1) is 10.5. The second kappa shape index (κ2) is 7.43. The van der Waals surface area contributed by atoms with Crippen molar-refractivity contribution in [3.8, 4) is 0 Å². The molecule has 0 atom stereocenters. The van der Waals surface area contributed by atoms with Crippen LogP contribution in [0.5, 0.6) is 0 Å². The molecule has 0 fully saturated rings. The van der Waals surface area contributed by atoms with Crippen molar-refractivity contribution < 1.29 is 9.59 Å². The van der Waals surface area contributed by atoms with E-state index in [1.165, 1.54) is 0 Å². The Morgan fingerprint density at radius 2 is 1.55 bits per heavy atom. The molecular weight excluding hydrogens is 321 g/mol. The fourth-order valence-corrected chi connectivity index (χ4v) is 2.42. The summed E-state index contributed by atoms with van der Waals surface area (Å²) in [5, 5.41) is 3.37. The van der Waals surface area contributed by atoms with Crippen LogP contribution in [0.25, 0.3) is 0 Å². The van der Waals surface area contributed by atoms with Crippen LogP contribution in [-0.4, -0.2) is 11.7 Å². The number of benzene rings is 2. The number of aryl methyl sites for hydroxylation is 1. The van der Waals surface area contributed by atoms with E-state index in [0.29, 0.717) is 21.3 Å². The number of anilines is 1. The lowest BCUT2D eigenvalue weighted by molar-refractivity contribution is -0.116. The van der Waals surface area contributed by atoms with Crippen LogP contribution in [0.2, 0.25) is 10.0 Å². The summed E-state index contributed by atoms with van der Waals surface area (Å²) in [5.41, 5.74) is 2.07. The van der Waals surface area contributed by atoms with Crippen molar-refractivity contribution in [2.75, 3.05) is 5.32 Å². The molecule has 0 heterocycles. The van der Waals surface area contributed by atoms with E-state index in [1.54, 1.807) is 30.3 Å². The number of hydrogen-bond donors (Lipinski definition) is 1. The van der Waals surface area contributed by atoms with Gasteiger partial charge in [-0.05, 0) is 19.1 Å². The number of Topliss-reactive ketones (excluding diaryl/α,β-unsaturated/α-hetero) is 1. The number of halogens is 2. The van der Waals surface area contributed by atoms with Crippen LogP contribution in [0, 0.1) is 6.92 Å². The number of hydrogen-bond acceptors (Lipinski definition) is 2. The van der Waals surface area contributed by atoms with Crippen LogP contribution >= 0.6 is 23.2 Å². The van der Waals surface area contributed by atoms with Gasteiger partial charge in [0.15, 0.2) is 5.78 Å². The van der Waals surface area contributed by atoms with E-state index < -0.39 is 0 Å². The van der Waals surface area contributed by atoms with Gasteiger partial charge < -0.3 is 5.32 Å². The van der Waals surface area contributed by atoms with Gasteiger partial charge in [-0.15, -0.1) is 0 Å². The fraction of sp³-hybridized carbons (Fsp3) is 0.176. The highest BCUT2D eigenvalue weighted by Gasteiger charge is 2.12. The van der Waals surface area contributed by atoms with Crippen molar-refractivity contribution in [3.63, 3.8) is 0 Å². The Kier molecular flexibility index (Phi) is 5.58. The summed E-state index contributed by atoms with van der Waals surface area (Å²) in [6.07, 6.45) is 0.214. The largest absolute Gasteiger partial charge is 0.324 e. The Labute approximate surface area is 139 Å². The molecule has 1 N–H and O–H groups in total. The van der Waals surface area contributed by atoms with Gasteiger partial charge in [0.05, 0.1) is 15.7 Å². The first kappa shape index (κ1) is 16.5. The monoisotopic (exact) mass is 335 g/mol.